The number of rotatable bonds is 5. The van der Waals surface area contributed by atoms with Crippen LogP contribution in [0.4, 0.5) is 0 Å². The molecule has 2 aliphatic heterocycles. The van der Waals surface area contributed by atoms with Crippen LogP contribution in [0.25, 0.3) is 0 Å². The normalized spacial score (nSPS) is 30.1. The molecule has 0 aromatic carbocycles. The highest BCUT2D eigenvalue weighted by Gasteiger charge is 2.35. The van der Waals surface area contributed by atoms with E-state index in [2.05, 4.69) is 22.5 Å². The van der Waals surface area contributed by atoms with E-state index >= 15 is 0 Å². The standard InChI is InChI=1S/C15H27N3O2/c1-11(7-8-16-2)12-4-3-9-18(10-12)13-5-6-14(19)17-15(13)20/h11-13,16H,3-10H2,1-2H3,(H,17,19,20). The molecule has 3 atom stereocenters. The lowest BCUT2D eigenvalue weighted by Gasteiger charge is -2.40. The summed E-state index contributed by atoms with van der Waals surface area (Å²) in [7, 11) is 1.99. The summed E-state index contributed by atoms with van der Waals surface area (Å²) in [5.74, 6) is 1.13. The van der Waals surface area contributed by atoms with Crippen molar-refractivity contribution in [3.8, 4) is 0 Å². The summed E-state index contributed by atoms with van der Waals surface area (Å²) in [5.41, 5.74) is 0. The Morgan fingerprint density at radius 2 is 2.20 bits per heavy atom. The molecule has 0 spiro atoms. The molecule has 3 unspecified atom stereocenters. The third-order valence-corrected chi connectivity index (χ3v) is 4.79. The molecule has 20 heavy (non-hydrogen) atoms. The Morgan fingerprint density at radius 3 is 2.90 bits per heavy atom. The van der Waals surface area contributed by atoms with Crippen LogP contribution < -0.4 is 10.6 Å². The molecule has 5 nitrogen and oxygen atoms in total. The lowest BCUT2D eigenvalue weighted by molar-refractivity contribution is -0.138. The number of carbonyl (C=O) groups is 2. The number of likely N-dealkylation sites (tertiary alicyclic amines) is 1. The molecule has 2 fully saturated rings. The van der Waals surface area contributed by atoms with Crippen molar-refractivity contribution >= 4 is 11.8 Å². The van der Waals surface area contributed by atoms with Crippen LogP contribution in [0, 0.1) is 11.8 Å². The number of amides is 2. The predicted molar refractivity (Wildman–Crippen MR) is 78.2 cm³/mol. The van der Waals surface area contributed by atoms with Crippen molar-refractivity contribution in [3.63, 3.8) is 0 Å². The fraction of sp³-hybridized carbons (Fsp3) is 0.867. The van der Waals surface area contributed by atoms with Gasteiger partial charge in [0.05, 0.1) is 6.04 Å². The number of hydrogen-bond acceptors (Lipinski definition) is 4. The smallest absolute Gasteiger partial charge is 0.243 e. The maximum Gasteiger partial charge on any atom is 0.243 e. The molecular weight excluding hydrogens is 254 g/mol. The monoisotopic (exact) mass is 281 g/mol. The summed E-state index contributed by atoms with van der Waals surface area (Å²) in [6, 6.07) is -0.0907. The average Bonchev–Trinajstić information content (AvgIpc) is 2.45. The van der Waals surface area contributed by atoms with Gasteiger partial charge >= 0.3 is 0 Å². The molecule has 0 aromatic heterocycles. The van der Waals surface area contributed by atoms with Gasteiger partial charge in [0.2, 0.25) is 11.8 Å². The maximum atomic E-state index is 12.0. The van der Waals surface area contributed by atoms with Gasteiger partial charge in [-0.1, -0.05) is 6.92 Å². The van der Waals surface area contributed by atoms with Crippen molar-refractivity contribution in [1.29, 1.82) is 0 Å². The van der Waals surface area contributed by atoms with E-state index in [1.165, 1.54) is 12.8 Å². The van der Waals surface area contributed by atoms with Gasteiger partial charge < -0.3 is 5.32 Å². The van der Waals surface area contributed by atoms with Crippen LogP contribution in [-0.2, 0) is 9.59 Å². The number of piperidine rings is 2. The van der Waals surface area contributed by atoms with Crippen LogP contribution in [0.1, 0.15) is 39.0 Å². The number of nitrogens with zero attached hydrogens (tertiary/aromatic N) is 1. The number of carbonyl (C=O) groups excluding carboxylic acids is 2. The highest BCUT2D eigenvalue weighted by molar-refractivity contribution is 6.00. The second-order valence-corrected chi connectivity index (χ2v) is 6.23. The summed E-state index contributed by atoms with van der Waals surface area (Å²) in [5, 5.41) is 5.68. The third-order valence-electron chi connectivity index (χ3n) is 4.79. The lowest BCUT2D eigenvalue weighted by atomic mass is 9.83. The number of imide groups is 1. The molecule has 114 valence electrons. The number of hydrogen-bond donors (Lipinski definition) is 2. The maximum absolute atomic E-state index is 12.0. The van der Waals surface area contributed by atoms with Crippen LogP contribution >= 0.6 is 0 Å². The van der Waals surface area contributed by atoms with Gasteiger partial charge in [-0.3, -0.25) is 19.8 Å². The van der Waals surface area contributed by atoms with E-state index < -0.39 is 0 Å². The zero-order chi connectivity index (χ0) is 14.5. The molecule has 0 aliphatic carbocycles. The van der Waals surface area contributed by atoms with Crippen LogP contribution in [0.5, 0.6) is 0 Å². The molecular formula is C15H27N3O2. The first-order valence-corrected chi connectivity index (χ1v) is 7.84. The molecule has 0 aromatic rings. The van der Waals surface area contributed by atoms with Crippen LogP contribution in [-0.4, -0.2) is 49.4 Å². The summed E-state index contributed by atoms with van der Waals surface area (Å²) in [6.07, 6.45) is 4.76. The largest absolute Gasteiger partial charge is 0.320 e. The first kappa shape index (κ1) is 15.4. The Morgan fingerprint density at radius 1 is 1.40 bits per heavy atom. The van der Waals surface area contributed by atoms with E-state index in [-0.39, 0.29) is 17.9 Å². The van der Waals surface area contributed by atoms with Gasteiger partial charge in [0.25, 0.3) is 0 Å². The highest BCUT2D eigenvalue weighted by atomic mass is 16.2. The fourth-order valence-electron chi connectivity index (χ4n) is 3.43. The van der Waals surface area contributed by atoms with Crippen LogP contribution in [0.15, 0.2) is 0 Å². The minimum Gasteiger partial charge on any atom is -0.320 e. The summed E-state index contributed by atoms with van der Waals surface area (Å²) >= 11 is 0. The first-order chi connectivity index (χ1) is 9.61. The van der Waals surface area contributed by atoms with Gasteiger partial charge in [0.15, 0.2) is 0 Å². The van der Waals surface area contributed by atoms with E-state index in [0.717, 1.165) is 26.1 Å². The van der Waals surface area contributed by atoms with Crippen LogP contribution in [0.2, 0.25) is 0 Å². The Bertz CT molecular complexity index is 359. The first-order valence-electron chi connectivity index (χ1n) is 7.84. The zero-order valence-electron chi connectivity index (χ0n) is 12.7. The molecule has 2 heterocycles. The van der Waals surface area contributed by atoms with E-state index in [1.807, 2.05) is 7.05 Å². The topological polar surface area (TPSA) is 61.4 Å². The Kier molecular flexibility index (Phi) is 5.54. The molecule has 2 rings (SSSR count). The van der Waals surface area contributed by atoms with Crippen molar-refractivity contribution in [2.75, 3.05) is 26.7 Å². The number of nitrogens with one attached hydrogen (secondary N) is 2. The minimum atomic E-state index is -0.123. The Hall–Kier alpha value is -0.940. The molecule has 5 heteroatoms. The third kappa shape index (κ3) is 3.79. The van der Waals surface area contributed by atoms with Gasteiger partial charge in [0, 0.05) is 13.0 Å². The lowest BCUT2D eigenvalue weighted by Crippen LogP contribution is -2.55. The molecule has 2 amide bonds. The minimum absolute atomic E-state index is 0.0907. The quantitative estimate of drug-likeness (QED) is 0.730. The molecule has 0 saturated carbocycles. The van der Waals surface area contributed by atoms with Crippen molar-refractivity contribution in [3.05, 3.63) is 0 Å². The van der Waals surface area contributed by atoms with Crippen LogP contribution in [0.3, 0.4) is 0 Å². The second kappa shape index (κ2) is 7.18. The molecule has 2 saturated heterocycles. The molecule has 0 radical (unpaired) electrons. The van der Waals surface area contributed by atoms with Gasteiger partial charge in [-0.2, -0.15) is 0 Å². The average molecular weight is 281 g/mol. The molecule has 2 aliphatic rings. The van der Waals surface area contributed by atoms with E-state index in [9.17, 15) is 9.59 Å². The van der Waals surface area contributed by atoms with Gasteiger partial charge in [0.1, 0.15) is 0 Å². The van der Waals surface area contributed by atoms with Crippen molar-refractivity contribution in [2.24, 2.45) is 11.8 Å². The Balaban J connectivity index is 1.89. The van der Waals surface area contributed by atoms with Crippen molar-refractivity contribution in [2.45, 2.75) is 45.1 Å². The SMILES string of the molecule is CNCCC(C)C1CCCN(C2CCC(=O)NC2=O)C1. The van der Waals surface area contributed by atoms with Gasteiger partial charge in [-0.25, -0.2) is 0 Å². The highest BCUT2D eigenvalue weighted by Crippen LogP contribution is 2.28. The predicted octanol–water partition coefficient (Wildman–Crippen LogP) is 0.749. The molecule has 2 N–H and O–H groups in total. The summed E-state index contributed by atoms with van der Waals surface area (Å²) in [6.45, 7) is 5.35. The van der Waals surface area contributed by atoms with E-state index in [4.69, 9.17) is 0 Å². The molecule has 0 bridgehead atoms. The van der Waals surface area contributed by atoms with Gasteiger partial charge in [-0.05, 0) is 57.7 Å². The van der Waals surface area contributed by atoms with E-state index in [1.54, 1.807) is 0 Å². The summed E-state index contributed by atoms with van der Waals surface area (Å²) < 4.78 is 0. The fourth-order valence-corrected chi connectivity index (χ4v) is 3.43. The van der Waals surface area contributed by atoms with Gasteiger partial charge in [-0.15, -0.1) is 0 Å². The van der Waals surface area contributed by atoms with Crippen molar-refractivity contribution < 1.29 is 9.59 Å². The summed E-state index contributed by atoms with van der Waals surface area (Å²) in [4.78, 5) is 25.5. The Labute approximate surface area is 121 Å². The zero-order valence-corrected chi connectivity index (χ0v) is 12.7. The van der Waals surface area contributed by atoms with E-state index in [0.29, 0.717) is 24.7 Å². The van der Waals surface area contributed by atoms with Crippen molar-refractivity contribution in [1.82, 2.24) is 15.5 Å². The second-order valence-electron chi connectivity index (χ2n) is 6.23.